The molecule has 8 aromatic carbocycles. The second-order valence-corrected chi connectivity index (χ2v) is 14.4. The molecule has 5 heteroatoms. The van der Waals surface area contributed by atoms with Crippen LogP contribution in [0.4, 0.5) is 0 Å². The predicted octanol–water partition coefficient (Wildman–Crippen LogP) is 12.5. The van der Waals surface area contributed by atoms with Gasteiger partial charge in [0.05, 0.1) is 5.56 Å². The number of aromatic hydroxyl groups is 5. The van der Waals surface area contributed by atoms with Crippen LogP contribution in [0.2, 0.25) is 0 Å². The molecule has 55 heavy (non-hydrogen) atoms. The maximum atomic E-state index is 10.6. The lowest BCUT2D eigenvalue weighted by Crippen LogP contribution is -2.07. The second kappa shape index (κ2) is 13.2. The van der Waals surface area contributed by atoms with Crippen LogP contribution in [0.1, 0.15) is 30.0 Å². The van der Waals surface area contributed by atoms with Crippen LogP contribution in [0.25, 0.3) is 76.8 Å². The highest BCUT2D eigenvalue weighted by Crippen LogP contribution is 2.55. The lowest BCUT2D eigenvalue weighted by molar-refractivity contribution is 0.330. The molecule has 5 nitrogen and oxygen atoms in total. The summed E-state index contributed by atoms with van der Waals surface area (Å²) < 4.78 is 0. The zero-order chi connectivity index (χ0) is 38.0. The summed E-state index contributed by atoms with van der Waals surface area (Å²) in [6.45, 7) is 4.41. The number of aryl methyl sites for hydroxylation is 1. The van der Waals surface area contributed by atoms with E-state index in [9.17, 15) is 25.5 Å². The highest BCUT2D eigenvalue weighted by molar-refractivity contribution is 6.22. The molecule has 0 heterocycles. The molecule has 0 saturated carbocycles. The Balaban J connectivity index is 1.24. The van der Waals surface area contributed by atoms with Crippen LogP contribution in [-0.2, 0) is 0 Å². The Hall–Kier alpha value is -6.98. The fourth-order valence-electron chi connectivity index (χ4n) is 8.57. The SMILES string of the molecule is Cc1c(C2=C(c3c4ccccc4c(-c4ccc(-c5ccccc5)cc4)c4ccccc34)C=CCC2C)ccc2cc(-c3c(O)c(O)c(O)c(O)c3O)ccc12. The number of benzene rings is 8. The first-order valence-corrected chi connectivity index (χ1v) is 18.5. The van der Waals surface area contributed by atoms with Crippen molar-refractivity contribution in [1.82, 2.24) is 0 Å². The fraction of sp³-hybridized carbons (Fsp3) is 0.0800. The fourth-order valence-corrected chi connectivity index (χ4v) is 8.57. The molecule has 8 aromatic rings. The lowest BCUT2D eigenvalue weighted by Gasteiger charge is -2.27. The standard InChI is InChI=1S/C50H38O5/c1-28-11-10-18-41(42(28)36-26-23-33-27-34(24-25-35(33)29(36)2)44-46(51)48(53)50(55)49(54)47(44)52)45-39-16-8-6-14-37(39)43(38-15-7-9-17-40(38)45)32-21-19-31(20-22-32)30-12-4-3-5-13-30/h3-10,12-28,51-55H,11H2,1-2H3. The molecule has 0 radical (unpaired) electrons. The molecule has 0 amide bonds. The average Bonchev–Trinajstić information content (AvgIpc) is 3.22. The molecule has 0 bridgehead atoms. The van der Waals surface area contributed by atoms with Gasteiger partial charge in [0.25, 0.3) is 0 Å². The van der Waals surface area contributed by atoms with Crippen molar-refractivity contribution in [1.29, 1.82) is 0 Å². The maximum absolute atomic E-state index is 10.6. The predicted molar refractivity (Wildman–Crippen MR) is 225 cm³/mol. The van der Waals surface area contributed by atoms with Gasteiger partial charge >= 0.3 is 0 Å². The Morgan fingerprint density at radius 3 is 1.58 bits per heavy atom. The van der Waals surface area contributed by atoms with Crippen molar-refractivity contribution in [3.63, 3.8) is 0 Å². The number of phenols is 5. The molecular formula is C50H38O5. The molecule has 268 valence electrons. The summed E-state index contributed by atoms with van der Waals surface area (Å²) in [4.78, 5) is 0. The Bertz CT molecular complexity index is 2820. The molecule has 0 saturated heterocycles. The van der Waals surface area contributed by atoms with Crippen molar-refractivity contribution in [2.75, 3.05) is 0 Å². The number of fused-ring (bicyclic) bond motifs is 3. The summed E-state index contributed by atoms with van der Waals surface area (Å²) in [5.41, 5.74) is 10.9. The van der Waals surface area contributed by atoms with Gasteiger partial charge in [-0.2, -0.15) is 0 Å². The van der Waals surface area contributed by atoms with Crippen molar-refractivity contribution in [2.24, 2.45) is 5.92 Å². The first-order valence-electron chi connectivity index (χ1n) is 18.5. The highest BCUT2D eigenvalue weighted by atomic mass is 16.4. The van der Waals surface area contributed by atoms with Gasteiger partial charge in [0.1, 0.15) is 0 Å². The van der Waals surface area contributed by atoms with Gasteiger partial charge in [0, 0.05) is 0 Å². The lowest BCUT2D eigenvalue weighted by atomic mass is 9.76. The number of rotatable bonds is 5. The monoisotopic (exact) mass is 718 g/mol. The number of hydrogen-bond acceptors (Lipinski definition) is 5. The van der Waals surface area contributed by atoms with Crippen LogP contribution >= 0.6 is 0 Å². The van der Waals surface area contributed by atoms with Crippen LogP contribution in [0.15, 0.2) is 146 Å². The van der Waals surface area contributed by atoms with Crippen molar-refractivity contribution in [3.05, 3.63) is 162 Å². The number of allylic oxidation sites excluding steroid dienone is 4. The van der Waals surface area contributed by atoms with E-state index in [2.05, 4.69) is 129 Å². The van der Waals surface area contributed by atoms with E-state index in [0.29, 0.717) is 5.56 Å². The van der Waals surface area contributed by atoms with Crippen LogP contribution in [-0.4, -0.2) is 25.5 Å². The number of hydrogen-bond donors (Lipinski definition) is 5. The van der Waals surface area contributed by atoms with E-state index >= 15 is 0 Å². The smallest absolute Gasteiger partial charge is 0.208 e. The van der Waals surface area contributed by atoms with Gasteiger partial charge in [-0.05, 0) is 113 Å². The van der Waals surface area contributed by atoms with Gasteiger partial charge in [-0.15, -0.1) is 0 Å². The minimum Gasteiger partial charge on any atom is -0.504 e. The van der Waals surface area contributed by atoms with E-state index < -0.39 is 28.7 Å². The first-order chi connectivity index (χ1) is 26.7. The molecule has 9 rings (SSSR count). The third-order valence-corrected chi connectivity index (χ3v) is 11.3. The van der Waals surface area contributed by atoms with E-state index in [1.54, 1.807) is 12.1 Å². The molecule has 5 N–H and O–H groups in total. The maximum Gasteiger partial charge on any atom is 0.208 e. The summed E-state index contributed by atoms with van der Waals surface area (Å²) in [5, 5.41) is 58.2. The van der Waals surface area contributed by atoms with Crippen molar-refractivity contribution < 1.29 is 25.5 Å². The quantitative estimate of drug-likeness (QED) is 0.0693. The van der Waals surface area contributed by atoms with E-state index in [1.165, 1.54) is 60.5 Å². The van der Waals surface area contributed by atoms with Gasteiger partial charge in [-0.3, -0.25) is 0 Å². The summed E-state index contributed by atoms with van der Waals surface area (Å²) in [7, 11) is 0. The summed E-state index contributed by atoms with van der Waals surface area (Å²) in [5.74, 6) is -3.97. The summed E-state index contributed by atoms with van der Waals surface area (Å²) in [6, 6.07) is 46.5. The van der Waals surface area contributed by atoms with Gasteiger partial charge < -0.3 is 25.5 Å². The highest BCUT2D eigenvalue weighted by Gasteiger charge is 2.27. The normalized spacial score (nSPS) is 14.3. The Kier molecular flexibility index (Phi) is 8.09. The van der Waals surface area contributed by atoms with Crippen molar-refractivity contribution >= 4 is 43.5 Å². The minimum absolute atomic E-state index is 0.165. The summed E-state index contributed by atoms with van der Waals surface area (Å²) in [6.07, 6.45) is 5.48. The Morgan fingerprint density at radius 2 is 0.964 bits per heavy atom. The third kappa shape index (κ3) is 5.39. The van der Waals surface area contributed by atoms with Crippen LogP contribution in [0.5, 0.6) is 28.7 Å². The second-order valence-electron chi connectivity index (χ2n) is 14.4. The molecule has 0 fully saturated rings. The molecule has 1 aliphatic carbocycles. The molecule has 1 unspecified atom stereocenters. The van der Waals surface area contributed by atoms with Crippen LogP contribution < -0.4 is 0 Å². The van der Waals surface area contributed by atoms with Gasteiger partial charge in [-0.25, -0.2) is 0 Å². The third-order valence-electron chi connectivity index (χ3n) is 11.3. The molecule has 0 aliphatic heterocycles. The molecule has 1 aliphatic rings. The van der Waals surface area contributed by atoms with Crippen LogP contribution in [0.3, 0.4) is 0 Å². The Morgan fingerprint density at radius 1 is 0.455 bits per heavy atom. The molecule has 0 spiro atoms. The molecular weight excluding hydrogens is 681 g/mol. The Labute approximate surface area is 318 Å². The molecule has 0 aromatic heterocycles. The van der Waals surface area contributed by atoms with E-state index in [-0.39, 0.29) is 11.5 Å². The topological polar surface area (TPSA) is 101 Å². The van der Waals surface area contributed by atoms with Gasteiger partial charge in [-0.1, -0.05) is 146 Å². The largest absolute Gasteiger partial charge is 0.504 e. The van der Waals surface area contributed by atoms with Gasteiger partial charge in [0.2, 0.25) is 17.2 Å². The minimum atomic E-state index is -0.979. The van der Waals surface area contributed by atoms with Crippen LogP contribution in [0, 0.1) is 12.8 Å². The number of phenolic OH excluding ortho intramolecular Hbond substituents is 5. The molecule has 1 atom stereocenters. The van der Waals surface area contributed by atoms with E-state index in [0.717, 1.165) is 28.3 Å². The zero-order valence-corrected chi connectivity index (χ0v) is 30.4. The van der Waals surface area contributed by atoms with Crippen molar-refractivity contribution in [2.45, 2.75) is 20.3 Å². The average molecular weight is 719 g/mol. The van der Waals surface area contributed by atoms with E-state index in [4.69, 9.17) is 0 Å². The first kappa shape index (κ1) is 33.8. The van der Waals surface area contributed by atoms with E-state index in [1.807, 2.05) is 18.2 Å². The van der Waals surface area contributed by atoms with Gasteiger partial charge in [0.15, 0.2) is 11.5 Å². The summed E-state index contributed by atoms with van der Waals surface area (Å²) >= 11 is 0. The van der Waals surface area contributed by atoms with Crippen molar-refractivity contribution in [3.8, 4) is 62.1 Å². The zero-order valence-electron chi connectivity index (χ0n) is 30.4.